The van der Waals surface area contributed by atoms with Crippen LogP contribution in [0.1, 0.15) is 17.5 Å². The second-order valence-electron chi connectivity index (χ2n) is 4.55. The Balaban J connectivity index is 1.97. The largest absolute Gasteiger partial charge is 0.308 e. The van der Waals surface area contributed by atoms with Gasteiger partial charge in [0.1, 0.15) is 5.82 Å². The summed E-state index contributed by atoms with van der Waals surface area (Å²) in [6, 6.07) is 6.92. The van der Waals surface area contributed by atoms with Gasteiger partial charge in [0.05, 0.1) is 11.6 Å². The van der Waals surface area contributed by atoms with Crippen molar-refractivity contribution in [3.05, 3.63) is 35.1 Å². The Kier molecular flexibility index (Phi) is 3.72. The highest BCUT2D eigenvalue weighted by molar-refractivity contribution is 5.33. The summed E-state index contributed by atoms with van der Waals surface area (Å²) in [6.45, 7) is 2.57. The zero-order valence-corrected chi connectivity index (χ0v) is 9.91. The Labute approximate surface area is 101 Å². The second kappa shape index (κ2) is 5.26. The number of halogens is 1. The van der Waals surface area contributed by atoms with Gasteiger partial charge in [0, 0.05) is 24.7 Å². The van der Waals surface area contributed by atoms with E-state index in [9.17, 15) is 4.39 Å². The van der Waals surface area contributed by atoms with Crippen molar-refractivity contribution in [1.82, 2.24) is 10.2 Å². The van der Waals surface area contributed by atoms with Crippen LogP contribution in [0.25, 0.3) is 0 Å². The molecule has 1 aliphatic rings. The van der Waals surface area contributed by atoms with Gasteiger partial charge in [-0.15, -0.1) is 0 Å². The number of hydrogen-bond acceptors (Lipinski definition) is 3. The molecule has 0 amide bonds. The summed E-state index contributed by atoms with van der Waals surface area (Å²) in [5.74, 6) is -0.247. The van der Waals surface area contributed by atoms with E-state index >= 15 is 0 Å². The van der Waals surface area contributed by atoms with Gasteiger partial charge in [-0.25, -0.2) is 4.39 Å². The molecule has 1 aromatic rings. The van der Waals surface area contributed by atoms with Gasteiger partial charge in [-0.1, -0.05) is 0 Å². The molecule has 0 spiro atoms. The summed E-state index contributed by atoms with van der Waals surface area (Å²) in [5, 5.41) is 12.1. The second-order valence-corrected chi connectivity index (χ2v) is 4.55. The van der Waals surface area contributed by atoms with Crippen molar-refractivity contribution in [2.24, 2.45) is 0 Å². The van der Waals surface area contributed by atoms with E-state index in [4.69, 9.17) is 5.26 Å². The predicted octanol–water partition coefficient (Wildman–Crippen LogP) is 1.49. The quantitative estimate of drug-likeness (QED) is 0.859. The first kappa shape index (κ1) is 12.0. The summed E-state index contributed by atoms with van der Waals surface area (Å²) in [6.07, 6.45) is 1.09. The summed E-state index contributed by atoms with van der Waals surface area (Å²) < 4.78 is 13.5. The van der Waals surface area contributed by atoms with Crippen LogP contribution in [-0.4, -0.2) is 31.1 Å². The van der Waals surface area contributed by atoms with E-state index in [1.807, 2.05) is 6.07 Å². The molecule has 1 N–H and O–H groups in total. The molecule has 1 fully saturated rings. The molecule has 4 heteroatoms. The fourth-order valence-corrected chi connectivity index (χ4v) is 2.14. The molecule has 90 valence electrons. The normalized spacial score (nSPS) is 20.4. The predicted molar refractivity (Wildman–Crippen MR) is 63.9 cm³/mol. The maximum Gasteiger partial charge on any atom is 0.127 e. The molecular formula is C13H16FN3. The van der Waals surface area contributed by atoms with Gasteiger partial charge in [0.15, 0.2) is 0 Å². The van der Waals surface area contributed by atoms with Gasteiger partial charge < -0.3 is 10.2 Å². The summed E-state index contributed by atoms with van der Waals surface area (Å²) >= 11 is 0. The van der Waals surface area contributed by atoms with Crippen LogP contribution >= 0.6 is 0 Å². The van der Waals surface area contributed by atoms with E-state index < -0.39 is 0 Å². The molecule has 1 saturated heterocycles. The highest BCUT2D eigenvalue weighted by atomic mass is 19.1. The summed E-state index contributed by atoms with van der Waals surface area (Å²) in [5.41, 5.74) is 1.07. The Bertz CT molecular complexity index is 439. The molecule has 17 heavy (non-hydrogen) atoms. The molecular weight excluding hydrogens is 217 g/mol. The molecule has 0 saturated carbocycles. The molecule has 0 aliphatic carbocycles. The summed E-state index contributed by atoms with van der Waals surface area (Å²) in [4.78, 5) is 2.25. The summed E-state index contributed by atoms with van der Waals surface area (Å²) in [7, 11) is 2.08. The molecule has 1 atom stereocenters. The van der Waals surface area contributed by atoms with Gasteiger partial charge >= 0.3 is 0 Å². The number of likely N-dealkylation sites (tertiary alicyclic amines) is 1. The highest BCUT2D eigenvalue weighted by Crippen LogP contribution is 2.12. The van der Waals surface area contributed by atoms with E-state index in [0.29, 0.717) is 23.7 Å². The maximum atomic E-state index is 13.5. The monoisotopic (exact) mass is 233 g/mol. The van der Waals surface area contributed by atoms with Crippen LogP contribution in [0.3, 0.4) is 0 Å². The minimum atomic E-state index is -0.247. The number of likely N-dealkylation sites (N-methyl/N-ethyl adjacent to an activating group) is 1. The zero-order chi connectivity index (χ0) is 12.3. The lowest BCUT2D eigenvalue weighted by atomic mass is 10.1. The molecule has 1 aromatic carbocycles. The van der Waals surface area contributed by atoms with Crippen molar-refractivity contribution in [2.75, 3.05) is 20.1 Å². The molecule has 1 heterocycles. The van der Waals surface area contributed by atoms with Gasteiger partial charge in [-0.2, -0.15) is 5.26 Å². The van der Waals surface area contributed by atoms with Crippen LogP contribution in [-0.2, 0) is 6.54 Å². The average Bonchev–Trinajstić information content (AvgIpc) is 2.74. The van der Waals surface area contributed by atoms with E-state index in [0.717, 1.165) is 19.5 Å². The van der Waals surface area contributed by atoms with Gasteiger partial charge in [-0.05, 0) is 38.2 Å². The van der Waals surface area contributed by atoms with Crippen molar-refractivity contribution in [1.29, 1.82) is 5.26 Å². The Morgan fingerprint density at radius 3 is 3.06 bits per heavy atom. The van der Waals surface area contributed by atoms with Crippen LogP contribution in [0.4, 0.5) is 4.39 Å². The lowest BCUT2D eigenvalue weighted by Gasteiger charge is -2.13. The lowest BCUT2D eigenvalue weighted by Crippen LogP contribution is -2.31. The van der Waals surface area contributed by atoms with E-state index in [1.165, 1.54) is 12.1 Å². The van der Waals surface area contributed by atoms with E-state index in [1.54, 1.807) is 6.07 Å². The Morgan fingerprint density at radius 2 is 2.41 bits per heavy atom. The SMILES string of the molecule is CN1CCC(NCc2cc(C#N)ccc2F)C1. The molecule has 1 unspecified atom stereocenters. The molecule has 1 aliphatic heterocycles. The fraction of sp³-hybridized carbons (Fsp3) is 0.462. The molecule has 2 rings (SSSR count). The first-order chi connectivity index (χ1) is 8.19. The number of benzene rings is 1. The van der Waals surface area contributed by atoms with Crippen LogP contribution in [0, 0.1) is 17.1 Å². The maximum absolute atomic E-state index is 13.5. The van der Waals surface area contributed by atoms with Crippen molar-refractivity contribution in [2.45, 2.75) is 19.0 Å². The number of rotatable bonds is 3. The van der Waals surface area contributed by atoms with E-state index in [-0.39, 0.29) is 5.82 Å². The van der Waals surface area contributed by atoms with Crippen LogP contribution in [0.15, 0.2) is 18.2 Å². The highest BCUT2D eigenvalue weighted by Gasteiger charge is 2.18. The van der Waals surface area contributed by atoms with Crippen molar-refractivity contribution >= 4 is 0 Å². The third-order valence-corrected chi connectivity index (χ3v) is 3.15. The van der Waals surface area contributed by atoms with Gasteiger partial charge in [0.2, 0.25) is 0 Å². The van der Waals surface area contributed by atoms with Crippen LogP contribution < -0.4 is 5.32 Å². The molecule has 3 nitrogen and oxygen atoms in total. The van der Waals surface area contributed by atoms with Crippen molar-refractivity contribution in [3.8, 4) is 6.07 Å². The third kappa shape index (κ3) is 3.02. The zero-order valence-electron chi connectivity index (χ0n) is 9.91. The van der Waals surface area contributed by atoms with Crippen molar-refractivity contribution in [3.63, 3.8) is 0 Å². The van der Waals surface area contributed by atoms with Gasteiger partial charge in [0.25, 0.3) is 0 Å². The average molecular weight is 233 g/mol. The number of hydrogen-bond donors (Lipinski definition) is 1. The number of nitrogens with one attached hydrogen (secondary N) is 1. The van der Waals surface area contributed by atoms with Gasteiger partial charge in [-0.3, -0.25) is 0 Å². The first-order valence-electron chi connectivity index (χ1n) is 5.79. The van der Waals surface area contributed by atoms with Crippen LogP contribution in [0.5, 0.6) is 0 Å². The smallest absolute Gasteiger partial charge is 0.127 e. The number of nitrogens with zero attached hydrogens (tertiary/aromatic N) is 2. The minimum absolute atomic E-state index is 0.247. The van der Waals surface area contributed by atoms with E-state index in [2.05, 4.69) is 17.3 Å². The first-order valence-corrected chi connectivity index (χ1v) is 5.79. The minimum Gasteiger partial charge on any atom is -0.308 e. The number of nitriles is 1. The molecule has 0 radical (unpaired) electrons. The topological polar surface area (TPSA) is 39.1 Å². The molecule has 0 aromatic heterocycles. The Hall–Kier alpha value is -1.44. The fourth-order valence-electron chi connectivity index (χ4n) is 2.14. The lowest BCUT2D eigenvalue weighted by molar-refractivity contribution is 0.397. The third-order valence-electron chi connectivity index (χ3n) is 3.15. The van der Waals surface area contributed by atoms with Crippen LogP contribution in [0.2, 0.25) is 0 Å². The Morgan fingerprint density at radius 1 is 1.59 bits per heavy atom. The standard InChI is InChI=1S/C13H16FN3/c1-17-5-4-12(9-17)16-8-11-6-10(7-15)2-3-13(11)14/h2-3,6,12,16H,4-5,8-9H2,1H3. The van der Waals surface area contributed by atoms with Crippen molar-refractivity contribution < 1.29 is 4.39 Å². The molecule has 0 bridgehead atoms.